The molecule has 66 valence electrons. The summed E-state index contributed by atoms with van der Waals surface area (Å²) in [5.74, 6) is 0. The maximum atomic E-state index is 4.88. The highest BCUT2D eigenvalue weighted by Gasteiger charge is 2.03. The molecule has 0 unspecified atom stereocenters. The van der Waals surface area contributed by atoms with E-state index in [-0.39, 0.29) is 0 Å². The maximum absolute atomic E-state index is 4.88. The Labute approximate surface area is 74.4 Å². The van der Waals surface area contributed by atoms with Gasteiger partial charge in [-0.1, -0.05) is 5.16 Å². The first-order valence-electron chi connectivity index (χ1n) is 3.67. The fourth-order valence-corrected chi connectivity index (χ4v) is 0.931. The Bertz CT molecular complexity index is 386. The molecule has 13 heavy (non-hydrogen) atoms. The van der Waals surface area contributed by atoms with Crippen LogP contribution in [0, 0.1) is 0 Å². The molecule has 2 aromatic rings. The van der Waals surface area contributed by atoms with Crippen LogP contribution in [0.1, 0.15) is 0 Å². The van der Waals surface area contributed by atoms with Crippen LogP contribution in [0.2, 0.25) is 0 Å². The van der Waals surface area contributed by atoms with Crippen molar-refractivity contribution in [1.82, 2.24) is 15.1 Å². The quantitative estimate of drug-likeness (QED) is 0.688. The van der Waals surface area contributed by atoms with E-state index in [1.165, 1.54) is 13.4 Å². The Balaban J connectivity index is 2.41. The van der Waals surface area contributed by atoms with Gasteiger partial charge in [0.25, 0.3) is 0 Å². The molecule has 5 heteroatoms. The molecule has 2 aromatic heterocycles. The molecule has 0 saturated heterocycles. The van der Waals surface area contributed by atoms with Crippen LogP contribution in [0.3, 0.4) is 0 Å². The summed E-state index contributed by atoms with van der Waals surface area (Å²) in [5, 5.41) is 3.58. The zero-order valence-corrected chi connectivity index (χ0v) is 6.97. The van der Waals surface area contributed by atoms with E-state index in [1.54, 1.807) is 18.5 Å². The molecular weight excluding hydrogens is 170 g/mol. The zero-order valence-electron chi connectivity index (χ0n) is 6.97. The number of ether oxygens (including phenoxy) is 1. The standard InChI is InChI=1S/C8H7N3O2/c1-12-8-9-3-2-7(11-8)6-4-10-13-5-6/h2-5H,1H3. The van der Waals surface area contributed by atoms with E-state index in [1.807, 2.05) is 0 Å². The third-order valence-electron chi connectivity index (χ3n) is 1.54. The third kappa shape index (κ3) is 1.48. The molecule has 0 saturated carbocycles. The molecule has 0 spiro atoms. The first-order valence-corrected chi connectivity index (χ1v) is 3.67. The highest BCUT2D eigenvalue weighted by atomic mass is 16.5. The van der Waals surface area contributed by atoms with Crippen molar-refractivity contribution in [2.75, 3.05) is 7.11 Å². The van der Waals surface area contributed by atoms with Crippen molar-refractivity contribution in [3.05, 3.63) is 24.7 Å². The van der Waals surface area contributed by atoms with Gasteiger partial charge in [-0.05, 0) is 6.07 Å². The van der Waals surface area contributed by atoms with Gasteiger partial charge in [0.1, 0.15) is 6.26 Å². The van der Waals surface area contributed by atoms with Crippen molar-refractivity contribution in [2.24, 2.45) is 0 Å². The van der Waals surface area contributed by atoms with Crippen LogP contribution in [0.25, 0.3) is 11.3 Å². The second kappa shape index (κ2) is 3.22. The maximum Gasteiger partial charge on any atom is 0.316 e. The highest BCUT2D eigenvalue weighted by Crippen LogP contribution is 2.16. The topological polar surface area (TPSA) is 61.0 Å². The number of aromatic nitrogens is 3. The van der Waals surface area contributed by atoms with Gasteiger partial charge in [0, 0.05) is 6.20 Å². The molecule has 0 radical (unpaired) electrons. The van der Waals surface area contributed by atoms with E-state index in [2.05, 4.69) is 15.1 Å². The SMILES string of the molecule is COc1nccc(-c2cnoc2)n1. The molecule has 2 heterocycles. The van der Waals surface area contributed by atoms with Gasteiger partial charge in [-0.3, -0.25) is 0 Å². The summed E-state index contributed by atoms with van der Waals surface area (Å²) in [6.45, 7) is 0. The van der Waals surface area contributed by atoms with E-state index in [0.29, 0.717) is 6.01 Å². The summed E-state index contributed by atoms with van der Waals surface area (Å²) in [6.07, 6.45) is 4.72. The lowest BCUT2D eigenvalue weighted by Crippen LogP contribution is -1.92. The Morgan fingerprint density at radius 2 is 2.38 bits per heavy atom. The third-order valence-corrected chi connectivity index (χ3v) is 1.54. The average Bonchev–Trinajstić information content (AvgIpc) is 2.71. The fraction of sp³-hybridized carbons (Fsp3) is 0.125. The molecule has 0 fully saturated rings. The largest absolute Gasteiger partial charge is 0.467 e. The molecule has 0 aromatic carbocycles. The molecule has 0 aliphatic heterocycles. The van der Waals surface area contributed by atoms with Crippen LogP contribution in [-0.2, 0) is 0 Å². The number of rotatable bonds is 2. The normalized spacial score (nSPS) is 9.92. The van der Waals surface area contributed by atoms with Crippen LogP contribution in [-0.4, -0.2) is 22.2 Å². The Morgan fingerprint density at radius 3 is 3.08 bits per heavy atom. The number of hydrogen-bond acceptors (Lipinski definition) is 5. The Kier molecular flexibility index (Phi) is 1.91. The van der Waals surface area contributed by atoms with E-state index in [9.17, 15) is 0 Å². The van der Waals surface area contributed by atoms with Gasteiger partial charge in [-0.25, -0.2) is 4.98 Å². The van der Waals surface area contributed by atoms with E-state index < -0.39 is 0 Å². The van der Waals surface area contributed by atoms with Gasteiger partial charge in [0.2, 0.25) is 0 Å². The summed E-state index contributed by atoms with van der Waals surface area (Å²) >= 11 is 0. The predicted molar refractivity (Wildman–Crippen MR) is 44.1 cm³/mol. The lowest BCUT2D eigenvalue weighted by Gasteiger charge is -1.98. The second-order valence-electron chi connectivity index (χ2n) is 2.34. The first-order chi connectivity index (χ1) is 6.40. The van der Waals surface area contributed by atoms with Gasteiger partial charge >= 0.3 is 6.01 Å². The molecule has 0 aliphatic carbocycles. The van der Waals surface area contributed by atoms with E-state index >= 15 is 0 Å². The summed E-state index contributed by atoms with van der Waals surface area (Å²) in [4.78, 5) is 7.98. The predicted octanol–water partition coefficient (Wildman–Crippen LogP) is 1.14. The van der Waals surface area contributed by atoms with Gasteiger partial charge < -0.3 is 9.26 Å². The molecular formula is C8H7N3O2. The van der Waals surface area contributed by atoms with Crippen LogP contribution < -0.4 is 4.74 Å². The molecule has 0 N–H and O–H groups in total. The first kappa shape index (κ1) is 7.72. The minimum absolute atomic E-state index is 0.332. The molecule has 0 amide bonds. The molecule has 0 atom stereocenters. The van der Waals surface area contributed by atoms with Gasteiger partial charge in [0.15, 0.2) is 0 Å². The van der Waals surface area contributed by atoms with Crippen molar-refractivity contribution < 1.29 is 9.26 Å². The van der Waals surface area contributed by atoms with Crippen LogP contribution in [0.4, 0.5) is 0 Å². The number of methoxy groups -OCH3 is 1. The minimum atomic E-state index is 0.332. The van der Waals surface area contributed by atoms with Crippen molar-refractivity contribution in [3.8, 4) is 17.3 Å². The fourth-order valence-electron chi connectivity index (χ4n) is 0.931. The van der Waals surface area contributed by atoms with Crippen molar-refractivity contribution in [3.63, 3.8) is 0 Å². The molecule has 0 aliphatic rings. The van der Waals surface area contributed by atoms with Gasteiger partial charge in [-0.15, -0.1) is 0 Å². The van der Waals surface area contributed by atoms with E-state index in [0.717, 1.165) is 11.3 Å². The lowest BCUT2D eigenvalue weighted by molar-refractivity contribution is 0.380. The van der Waals surface area contributed by atoms with Crippen molar-refractivity contribution in [1.29, 1.82) is 0 Å². The molecule has 2 rings (SSSR count). The minimum Gasteiger partial charge on any atom is -0.467 e. The molecule has 5 nitrogen and oxygen atoms in total. The highest BCUT2D eigenvalue weighted by molar-refractivity contribution is 5.55. The smallest absolute Gasteiger partial charge is 0.316 e. The summed E-state index contributed by atoms with van der Waals surface area (Å²) < 4.78 is 9.57. The van der Waals surface area contributed by atoms with E-state index in [4.69, 9.17) is 9.26 Å². The summed E-state index contributed by atoms with van der Waals surface area (Å²) in [6, 6.07) is 2.09. The monoisotopic (exact) mass is 177 g/mol. The van der Waals surface area contributed by atoms with Crippen molar-refractivity contribution in [2.45, 2.75) is 0 Å². The van der Waals surface area contributed by atoms with Crippen molar-refractivity contribution >= 4 is 0 Å². The van der Waals surface area contributed by atoms with Gasteiger partial charge in [-0.2, -0.15) is 4.98 Å². The number of nitrogens with zero attached hydrogens (tertiary/aromatic N) is 3. The van der Waals surface area contributed by atoms with Crippen LogP contribution in [0.15, 0.2) is 29.2 Å². The van der Waals surface area contributed by atoms with Crippen LogP contribution in [0.5, 0.6) is 6.01 Å². The second-order valence-corrected chi connectivity index (χ2v) is 2.34. The Morgan fingerprint density at radius 1 is 1.46 bits per heavy atom. The average molecular weight is 177 g/mol. The van der Waals surface area contributed by atoms with Crippen LogP contribution >= 0.6 is 0 Å². The summed E-state index contributed by atoms with van der Waals surface area (Å²) in [5.41, 5.74) is 1.54. The lowest BCUT2D eigenvalue weighted by atomic mass is 10.2. The summed E-state index contributed by atoms with van der Waals surface area (Å²) in [7, 11) is 1.52. The number of hydrogen-bond donors (Lipinski definition) is 0. The zero-order chi connectivity index (χ0) is 9.10. The van der Waals surface area contributed by atoms with Gasteiger partial charge in [0.05, 0.1) is 24.6 Å². The Hall–Kier alpha value is -1.91. The molecule has 0 bridgehead atoms.